The molecule has 2 unspecified atom stereocenters. The van der Waals surface area contributed by atoms with Crippen molar-refractivity contribution in [3.63, 3.8) is 0 Å². The molecular weight excluding hydrogens is 2090 g/mol. The van der Waals surface area contributed by atoms with E-state index < -0.39 is 12.2 Å². The molecule has 2 atom stereocenters. The van der Waals surface area contributed by atoms with Gasteiger partial charge in [0, 0.05) is 180 Å². The third-order valence-electron chi connectivity index (χ3n) is 20.8. The first-order chi connectivity index (χ1) is 58.7. The lowest BCUT2D eigenvalue weighted by Crippen LogP contribution is -1.94. The molecule has 0 amide bonds. The molecular formula is C94H56Br4O4S18. The van der Waals surface area contributed by atoms with Gasteiger partial charge in [-0.05, 0) is 353 Å². The normalized spacial score (nSPS) is 12.4. The van der Waals surface area contributed by atoms with E-state index in [1.807, 2.05) is 176 Å². The van der Waals surface area contributed by atoms with Crippen molar-refractivity contribution in [1.29, 1.82) is 0 Å². The number of hydrogen-bond donors (Lipinski definition) is 2. The van der Waals surface area contributed by atoms with Crippen molar-refractivity contribution < 1.29 is 19.7 Å². The van der Waals surface area contributed by atoms with Crippen LogP contribution in [0.4, 0.5) is 0 Å². The Morgan fingerprint density at radius 2 is 0.592 bits per heavy atom. The average molecular weight is 2150 g/mol. The van der Waals surface area contributed by atoms with Crippen LogP contribution in [0.25, 0.3) is 141 Å². The van der Waals surface area contributed by atoms with Gasteiger partial charge in [0.25, 0.3) is 0 Å². The Hall–Kier alpha value is -5.91. The van der Waals surface area contributed by atoms with E-state index in [0.29, 0.717) is 0 Å². The van der Waals surface area contributed by atoms with E-state index in [0.717, 1.165) is 96.8 Å². The molecule has 4 nitrogen and oxygen atoms in total. The molecule has 2 N–H and O–H groups in total. The fraction of sp³-hybridized carbons (Fsp3) is 0.0745. The second-order valence-corrected chi connectivity index (χ2v) is 50.5. The van der Waals surface area contributed by atoms with E-state index in [9.17, 15) is 15.0 Å². The number of rotatable bonds is 14. The average Bonchev–Trinajstić information content (AvgIpc) is 1.58. The molecule has 18 heterocycles. The van der Waals surface area contributed by atoms with E-state index in [-0.39, 0.29) is 0 Å². The highest BCUT2D eigenvalue weighted by atomic mass is 79.9. The van der Waals surface area contributed by atoms with Gasteiger partial charge in [-0.3, -0.25) is 4.79 Å². The van der Waals surface area contributed by atoms with Crippen molar-refractivity contribution in [3.8, 4) is 5.75 Å². The zero-order chi connectivity index (χ0) is 81.0. The van der Waals surface area contributed by atoms with E-state index >= 15 is 0 Å². The number of halogens is 4. The Morgan fingerprint density at radius 3 is 0.983 bits per heavy atom. The maximum Gasteiger partial charge on any atom is 0.151 e. The summed E-state index contributed by atoms with van der Waals surface area (Å²) < 4.78 is 28.6. The first-order valence-electron chi connectivity index (χ1n) is 37.3. The number of ether oxygens (including phenoxy) is 1. The SMILES string of the molecule is Brc1ccsc1Cc1cc2cc3sc(Cc4sccc4Br)cc3cc2s1.COc1ccsc1Cc1cc2cc3sc(Cc4sccc4C=O)cc3cc2s1.OC(c1cc2cc3sc(C(O)c4sccc4Br)cc3cc2s1)c1sccc1Br.c1cc2cc3c(cc2s1)sc1cc2c(cc13)sc1cc3sccc3cc12.c1cc2cc3sccc3cc2s1. The van der Waals surface area contributed by atoms with Gasteiger partial charge in [-0.2, -0.15) is 0 Å². The zero-order valence-corrected chi connectivity index (χ0v) is 83.3. The minimum atomic E-state index is -0.613. The van der Waals surface area contributed by atoms with Crippen molar-refractivity contribution in [1.82, 2.24) is 0 Å². The van der Waals surface area contributed by atoms with Crippen LogP contribution in [0.5, 0.6) is 5.75 Å². The fourth-order valence-corrected chi connectivity index (χ4v) is 35.8. The summed E-state index contributed by atoms with van der Waals surface area (Å²) in [7, 11) is 1.73. The highest BCUT2D eigenvalue weighted by molar-refractivity contribution is 9.11. The molecule has 120 heavy (non-hydrogen) atoms. The van der Waals surface area contributed by atoms with Crippen molar-refractivity contribution in [2.45, 2.75) is 37.9 Å². The van der Waals surface area contributed by atoms with Crippen molar-refractivity contribution in [2.24, 2.45) is 0 Å². The van der Waals surface area contributed by atoms with Crippen LogP contribution in [0.3, 0.4) is 0 Å². The number of fused-ring (bicyclic) bond motifs is 16. The molecule has 7 aromatic carbocycles. The first kappa shape index (κ1) is 81.2. The molecule has 0 fully saturated rings. The molecule has 25 aromatic rings. The van der Waals surface area contributed by atoms with E-state index in [4.69, 9.17) is 4.74 Å². The third kappa shape index (κ3) is 16.4. The quantitative estimate of drug-likeness (QED) is 0.107. The molecule has 0 saturated carbocycles. The molecule has 0 aliphatic heterocycles. The zero-order valence-electron chi connectivity index (χ0n) is 62.2. The van der Waals surface area contributed by atoms with E-state index in [1.54, 1.807) is 75.1 Å². The largest absolute Gasteiger partial charge is 0.496 e. The molecule has 26 heteroatoms. The number of methoxy groups -OCH3 is 1. The van der Waals surface area contributed by atoms with Gasteiger partial charge in [0.05, 0.1) is 21.7 Å². The Balaban J connectivity index is 0.0000000945. The summed E-state index contributed by atoms with van der Waals surface area (Å²) in [6, 6.07) is 66.9. The van der Waals surface area contributed by atoms with Crippen LogP contribution in [0, 0.1) is 0 Å². The summed E-state index contributed by atoms with van der Waals surface area (Å²) in [5.41, 5.74) is 0.817. The Labute approximate surface area is 792 Å². The summed E-state index contributed by atoms with van der Waals surface area (Å²) in [5, 5.41) is 61.2. The van der Waals surface area contributed by atoms with Crippen LogP contribution in [0.15, 0.2) is 254 Å². The van der Waals surface area contributed by atoms with Crippen LogP contribution < -0.4 is 4.74 Å². The van der Waals surface area contributed by atoms with Crippen LogP contribution >= 0.6 is 268 Å². The van der Waals surface area contributed by atoms with Crippen LogP contribution in [0.1, 0.15) is 81.1 Å². The smallest absolute Gasteiger partial charge is 0.151 e. The second-order valence-electron chi connectivity index (χ2n) is 28.4. The van der Waals surface area contributed by atoms with Gasteiger partial charge >= 0.3 is 0 Å². The number of thiophene rings is 18. The summed E-state index contributed by atoms with van der Waals surface area (Å²) in [5.74, 6) is 0.983. The molecule has 592 valence electrons. The Kier molecular flexibility index (Phi) is 23.5. The van der Waals surface area contributed by atoms with Crippen LogP contribution in [0.2, 0.25) is 0 Å². The fourth-order valence-electron chi connectivity index (χ4n) is 15.0. The topological polar surface area (TPSA) is 66.8 Å². The van der Waals surface area contributed by atoms with Gasteiger partial charge in [0.1, 0.15) is 18.0 Å². The monoisotopic (exact) mass is 2140 g/mol. The summed E-state index contributed by atoms with van der Waals surface area (Å²) in [4.78, 5) is 25.7. The lowest BCUT2D eigenvalue weighted by molar-refractivity contribution is 0.112. The highest BCUT2D eigenvalue weighted by Gasteiger charge is 2.23. The molecule has 18 aromatic heterocycles. The number of carbonyl (C=O) groups is 1. The molecule has 0 bridgehead atoms. The number of aliphatic hydroxyl groups is 2. The Morgan fingerprint density at radius 1 is 0.283 bits per heavy atom. The predicted molar refractivity (Wildman–Crippen MR) is 560 cm³/mol. The third-order valence-corrected chi connectivity index (χ3v) is 42.8. The lowest BCUT2D eigenvalue weighted by atomic mass is 10.1. The number of aliphatic hydroxyl groups excluding tert-OH is 2. The van der Waals surface area contributed by atoms with Crippen LogP contribution in [-0.2, 0) is 25.7 Å². The van der Waals surface area contributed by atoms with Crippen molar-refractivity contribution in [2.75, 3.05) is 7.11 Å². The minimum absolute atomic E-state index is 0.613. The van der Waals surface area contributed by atoms with Gasteiger partial charge < -0.3 is 14.9 Å². The van der Waals surface area contributed by atoms with Crippen LogP contribution in [-0.4, -0.2) is 23.6 Å². The maximum absolute atomic E-state index is 11.2. The van der Waals surface area contributed by atoms with Gasteiger partial charge in [-0.1, -0.05) is 0 Å². The molecule has 0 saturated heterocycles. The first-order valence-corrected chi connectivity index (χ1v) is 55.8. The minimum Gasteiger partial charge on any atom is -0.496 e. The summed E-state index contributed by atoms with van der Waals surface area (Å²) in [6.45, 7) is 0. The molecule has 0 aliphatic rings. The van der Waals surface area contributed by atoms with Gasteiger partial charge in [0.2, 0.25) is 0 Å². The van der Waals surface area contributed by atoms with Gasteiger partial charge in [-0.25, -0.2) is 0 Å². The number of benzene rings is 7. The van der Waals surface area contributed by atoms with E-state index in [1.165, 1.54) is 164 Å². The molecule has 0 aliphatic carbocycles. The number of hydrogen-bond acceptors (Lipinski definition) is 22. The van der Waals surface area contributed by atoms with E-state index in [2.05, 4.69) is 259 Å². The maximum atomic E-state index is 11.2. The van der Waals surface area contributed by atoms with Crippen molar-refractivity contribution >= 4 is 415 Å². The summed E-state index contributed by atoms with van der Waals surface area (Å²) in [6.07, 6.45) is 3.52. The van der Waals surface area contributed by atoms with Gasteiger partial charge in [-0.15, -0.1) is 204 Å². The highest BCUT2D eigenvalue weighted by Crippen LogP contribution is 2.49. The Bertz CT molecular complexity index is 7560. The molecule has 0 radical (unpaired) electrons. The van der Waals surface area contributed by atoms with Gasteiger partial charge in [0.15, 0.2) is 6.29 Å². The standard InChI is InChI=1S/C22H16O2S4.C22H10S4.C20H12Br2O2S4.C20H12Br2S4.C10H6S2/c1-24-18-3-5-26-22(18)11-17-7-15-9-20-14(8-21(15)28-17)6-16(27-20)10-19-13(12-23)2-4-25-19;1-3-23-17-9-21-13(5-11(1)17)15-7-20-16(8-19(15)25-21)14-6-12-2-4-24-18(12)10-22(14)26-20;21-11-1-3-25-19(11)17(23)15-7-9-5-14-10(6-13(9)27-15)8-16(28-14)18(24)20-12(22)2-4-26-20;21-15-1-3-23-19(15)9-13-5-11-7-18-12(8-17(11)25-13)6-14(26-18)10-20-16(22)2-4-24-20;1-3-11-9-6-8-2-4-12-10(8)5-7(1)9/h2-9,12H,10-11H2,1H3;1-10H;1-8,17-18,23-24H;1-8H,9-10H2;1-6H. The lowest BCUT2D eigenvalue weighted by Gasteiger charge is -2.06. The second kappa shape index (κ2) is 34.8. The predicted octanol–water partition coefficient (Wildman–Crippen LogP) is 37.1. The molecule has 25 rings (SSSR count). The van der Waals surface area contributed by atoms with Crippen molar-refractivity contribution in [3.05, 3.63) is 318 Å². The summed E-state index contributed by atoms with van der Waals surface area (Å²) >= 11 is 46.4. The molecule has 0 spiro atoms. The number of carbonyl (C=O) groups excluding carboxylic acids is 1. The number of aldehydes is 1.